The van der Waals surface area contributed by atoms with Crippen LogP contribution in [0, 0.1) is 0 Å². The van der Waals surface area contributed by atoms with Gasteiger partial charge in [-0.1, -0.05) is 164 Å². The predicted octanol–water partition coefficient (Wildman–Crippen LogP) is 13.5. The van der Waals surface area contributed by atoms with Crippen molar-refractivity contribution in [2.45, 2.75) is 0 Å². The van der Waals surface area contributed by atoms with E-state index in [1.807, 2.05) is 0 Å². The van der Waals surface area contributed by atoms with Crippen LogP contribution in [0.4, 0.5) is 0 Å². The summed E-state index contributed by atoms with van der Waals surface area (Å²) in [5.41, 5.74) is 9.89. The summed E-state index contributed by atoms with van der Waals surface area (Å²) in [4.78, 5) is 0. The van der Waals surface area contributed by atoms with Gasteiger partial charge in [-0.15, -0.1) is 0 Å². The van der Waals surface area contributed by atoms with E-state index in [0.717, 1.165) is 0 Å². The fraction of sp³-hybridized carbons (Fsp3) is 0. The van der Waals surface area contributed by atoms with Crippen molar-refractivity contribution in [1.29, 1.82) is 0 Å². The first-order valence-electron chi connectivity index (χ1n) is 16.6. The molecule has 0 unspecified atom stereocenters. The molecule has 0 saturated carbocycles. The summed E-state index contributed by atoms with van der Waals surface area (Å²) in [6, 6.07) is 66.2. The molecule has 9 aromatic rings. The highest BCUT2D eigenvalue weighted by Crippen LogP contribution is 2.38. The van der Waals surface area contributed by atoms with Crippen molar-refractivity contribution in [3.05, 3.63) is 193 Å². The molecule has 0 heteroatoms. The second-order valence-corrected chi connectivity index (χ2v) is 12.6. The molecule has 0 atom stereocenters. The van der Waals surface area contributed by atoms with Gasteiger partial charge in [0.15, 0.2) is 0 Å². The summed E-state index contributed by atoms with van der Waals surface area (Å²) in [6.45, 7) is 0. The fourth-order valence-electron chi connectivity index (χ4n) is 7.07. The minimum absolute atomic E-state index is 1.19. The molecule has 224 valence electrons. The van der Waals surface area contributed by atoms with Gasteiger partial charge >= 0.3 is 0 Å². The first-order valence-corrected chi connectivity index (χ1v) is 16.6. The highest BCUT2D eigenvalue weighted by atomic mass is 14.1. The number of fused-ring (bicyclic) bond motifs is 4. The Morgan fingerprint density at radius 1 is 0.250 bits per heavy atom. The Hall–Kier alpha value is -6.24. The van der Waals surface area contributed by atoms with Gasteiger partial charge in [0.2, 0.25) is 0 Å². The van der Waals surface area contributed by atoms with Gasteiger partial charge in [-0.3, -0.25) is 0 Å². The number of benzene rings is 9. The first-order chi connectivity index (χ1) is 23.7. The topological polar surface area (TPSA) is 0 Å². The average molecular weight is 609 g/mol. The summed E-state index contributed by atoms with van der Waals surface area (Å²) in [7, 11) is 0. The number of hydrogen-bond donors (Lipinski definition) is 0. The summed E-state index contributed by atoms with van der Waals surface area (Å²) < 4.78 is 0. The van der Waals surface area contributed by atoms with Crippen LogP contribution in [-0.2, 0) is 0 Å². The Labute approximate surface area is 280 Å². The second-order valence-electron chi connectivity index (χ2n) is 12.6. The van der Waals surface area contributed by atoms with Gasteiger partial charge in [-0.25, -0.2) is 0 Å². The SMILES string of the molecule is C(=C\c1ccc2cc(-c3c4ccccc4cc4ccccc34)ccc2c1)/c1ccc2cc(-c3ccc(-c4ccccc4)cc3)ccc2c1. The van der Waals surface area contributed by atoms with Crippen LogP contribution >= 0.6 is 0 Å². The van der Waals surface area contributed by atoms with E-state index in [-0.39, 0.29) is 0 Å². The summed E-state index contributed by atoms with van der Waals surface area (Å²) in [6.07, 6.45) is 4.43. The van der Waals surface area contributed by atoms with Crippen LogP contribution in [0.15, 0.2) is 182 Å². The predicted molar refractivity (Wildman–Crippen MR) is 208 cm³/mol. The standard InChI is InChI=1S/C48H32/c1-2-8-35(9-3-1)36-20-22-37(23-21-36)40-25-24-38-28-33(16-18-41(38)30-40)14-15-34-17-19-42-31-45(27-26-39(42)29-34)48-46-12-6-4-10-43(46)32-44-11-5-7-13-47(44)48/h1-32H/b15-14+. The fourth-order valence-corrected chi connectivity index (χ4v) is 7.07. The maximum Gasteiger partial charge on any atom is -0.00266 e. The largest absolute Gasteiger partial charge is 0.0622 e. The summed E-state index contributed by atoms with van der Waals surface area (Å²) in [5, 5.41) is 10.1. The van der Waals surface area contributed by atoms with E-state index in [1.54, 1.807) is 0 Å². The molecule has 48 heavy (non-hydrogen) atoms. The van der Waals surface area contributed by atoms with E-state index in [2.05, 4.69) is 194 Å². The van der Waals surface area contributed by atoms with Crippen LogP contribution < -0.4 is 0 Å². The van der Waals surface area contributed by atoms with Gasteiger partial charge in [0.25, 0.3) is 0 Å². The van der Waals surface area contributed by atoms with E-state index in [0.29, 0.717) is 0 Å². The monoisotopic (exact) mass is 608 g/mol. The van der Waals surface area contributed by atoms with E-state index >= 15 is 0 Å². The van der Waals surface area contributed by atoms with E-state index in [4.69, 9.17) is 0 Å². The lowest BCUT2D eigenvalue weighted by Crippen LogP contribution is -1.86. The molecule has 9 aromatic carbocycles. The molecular formula is C48H32. The number of rotatable bonds is 5. The molecule has 0 radical (unpaired) electrons. The molecule has 0 bridgehead atoms. The number of hydrogen-bond acceptors (Lipinski definition) is 0. The highest BCUT2D eigenvalue weighted by molar-refractivity contribution is 6.13. The van der Waals surface area contributed by atoms with Crippen molar-refractivity contribution in [3.8, 4) is 33.4 Å². The zero-order chi connectivity index (χ0) is 31.9. The molecule has 0 aromatic heterocycles. The molecular weight excluding hydrogens is 577 g/mol. The molecule has 0 aliphatic carbocycles. The molecule has 0 amide bonds. The molecule has 0 fully saturated rings. The Kier molecular flexibility index (Phi) is 6.91. The van der Waals surface area contributed by atoms with Crippen molar-refractivity contribution in [3.63, 3.8) is 0 Å². The third-order valence-corrected chi connectivity index (χ3v) is 9.58. The lowest BCUT2D eigenvalue weighted by atomic mass is 9.91. The van der Waals surface area contributed by atoms with Crippen molar-refractivity contribution < 1.29 is 0 Å². The lowest BCUT2D eigenvalue weighted by Gasteiger charge is -2.13. The molecule has 0 N–H and O–H groups in total. The summed E-state index contributed by atoms with van der Waals surface area (Å²) in [5.74, 6) is 0. The van der Waals surface area contributed by atoms with Gasteiger partial charge in [0, 0.05) is 0 Å². The Morgan fingerprint density at radius 2 is 0.667 bits per heavy atom. The molecule has 0 heterocycles. The minimum atomic E-state index is 1.19. The van der Waals surface area contributed by atoms with Crippen molar-refractivity contribution in [2.24, 2.45) is 0 Å². The van der Waals surface area contributed by atoms with Gasteiger partial charge in [0.1, 0.15) is 0 Å². The zero-order valence-electron chi connectivity index (χ0n) is 26.5. The molecule has 0 saturated heterocycles. The van der Waals surface area contributed by atoms with Gasteiger partial charge in [0.05, 0.1) is 0 Å². The van der Waals surface area contributed by atoms with E-state index in [1.165, 1.54) is 87.6 Å². The average Bonchev–Trinajstić information content (AvgIpc) is 3.16. The Morgan fingerprint density at radius 3 is 1.27 bits per heavy atom. The molecule has 9 rings (SSSR count). The maximum absolute atomic E-state index is 2.34. The molecule has 0 aliphatic rings. The molecule has 0 aliphatic heterocycles. The van der Waals surface area contributed by atoms with Crippen LogP contribution in [0.25, 0.3) is 88.6 Å². The molecule has 0 nitrogen and oxygen atoms in total. The normalized spacial score (nSPS) is 11.7. The zero-order valence-corrected chi connectivity index (χ0v) is 26.5. The van der Waals surface area contributed by atoms with Crippen LogP contribution in [0.5, 0.6) is 0 Å². The Balaban J connectivity index is 0.976. The van der Waals surface area contributed by atoms with Crippen LogP contribution in [0.3, 0.4) is 0 Å². The van der Waals surface area contributed by atoms with Gasteiger partial charge in [-0.2, -0.15) is 0 Å². The smallest absolute Gasteiger partial charge is 0.00266 e. The quantitative estimate of drug-likeness (QED) is 0.135. The van der Waals surface area contributed by atoms with E-state index < -0.39 is 0 Å². The molecule has 0 spiro atoms. The third kappa shape index (κ3) is 5.24. The van der Waals surface area contributed by atoms with Crippen LogP contribution in [0.2, 0.25) is 0 Å². The van der Waals surface area contributed by atoms with Crippen molar-refractivity contribution >= 4 is 55.2 Å². The highest BCUT2D eigenvalue weighted by Gasteiger charge is 2.10. The second kappa shape index (κ2) is 11.8. The minimum Gasteiger partial charge on any atom is -0.0622 e. The van der Waals surface area contributed by atoms with Crippen LogP contribution in [-0.4, -0.2) is 0 Å². The first kappa shape index (κ1) is 28.0. The maximum atomic E-state index is 2.34. The van der Waals surface area contributed by atoms with E-state index in [9.17, 15) is 0 Å². The van der Waals surface area contributed by atoms with Crippen LogP contribution in [0.1, 0.15) is 11.1 Å². The summed E-state index contributed by atoms with van der Waals surface area (Å²) >= 11 is 0. The van der Waals surface area contributed by atoms with Gasteiger partial charge < -0.3 is 0 Å². The van der Waals surface area contributed by atoms with Gasteiger partial charge in [-0.05, 0) is 118 Å². The Bertz CT molecular complexity index is 2590. The van der Waals surface area contributed by atoms with Crippen molar-refractivity contribution in [1.82, 2.24) is 0 Å². The third-order valence-electron chi connectivity index (χ3n) is 9.58. The lowest BCUT2D eigenvalue weighted by molar-refractivity contribution is 1.60. The van der Waals surface area contributed by atoms with Crippen molar-refractivity contribution in [2.75, 3.05) is 0 Å².